The van der Waals surface area contributed by atoms with Gasteiger partial charge in [-0.3, -0.25) is 14.5 Å². The summed E-state index contributed by atoms with van der Waals surface area (Å²) in [6, 6.07) is 0. The molecule has 0 aliphatic heterocycles. The van der Waals surface area contributed by atoms with E-state index in [2.05, 4.69) is 32.9 Å². The van der Waals surface area contributed by atoms with Crippen LogP contribution >= 0.6 is 0 Å². The van der Waals surface area contributed by atoms with E-state index in [1.807, 2.05) is 11.9 Å². The molecule has 1 unspecified atom stereocenters. The van der Waals surface area contributed by atoms with Crippen LogP contribution in [0.3, 0.4) is 0 Å². The summed E-state index contributed by atoms with van der Waals surface area (Å²) in [6.07, 6.45) is 25.7. The van der Waals surface area contributed by atoms with E-state index in [1.165, 1.54) is 77.0 Å². The maximum Gasteiger partial charge on any atom is 0.327 e. The fourth-order valence-electron chi connectivity index (χ4n) is 4.19. The van der Waals surface area contributed by atoms with E-state index in [0.717, 1.165) is 38.6 Å². The van der Waals surface area contributed by atoms with Crippen LogP contribution in [-0.4, -0.2) is 37.0 Å². The fourth-order valence-corrected chi connectivity index (χ4v) is 4.19. The molecule has 0 fully saturated rings. The molecule has 194 valence electrons. The van der Waals surface area contributed by atoms with Gasteiger partial charge in [-0.25, -0.2) is 0 Å². The summed E-state index contributed by atoms with van der Waals surface area (Å²) in [4.78, 5) is 25.9. The molecular formula is C29H55NO3. The number of carbonyl (C=O) groups is 2. The molecule has 0 heterocycles. The van der Waals surface area contributed by atoms with Gasteiger partial charge in [0.05, 0.1) is 6.54 Å². The molecule has 4 heteroatoms. The van der Waals surface area contributed by atoms with Crippen LogP contribution in [0.2, 0.25) is 0 Å². The highest BCUT2D eigenvalue weighted by Crippen LogP contribution is 2.14. The van der Waals surface area contributed by atoms with Crippen LogP contribution in [0.4, 0.5) is 0 Å². The molecule has 4 nitrogen and oxygen atoms in total. The van der Waals surface area contributed by atoms with Gasteiger partial charge in [0.15, 0.2) is 0 Å². The van der Waals surface area contributed by atoms with Gasteiger partial charge in [0.2, 0.25) is 0 Å². The van der Waals surface area contributed by atoms with E-state index in [0.29, 0.717) is 12.3 Å². The van der Waals surface area contributed by atoms with E-state index in [1.54, 1.807) is 0 Å². The molecular weight excluding hydrogens is 410 g/mol. The molecule has 0 aliphatic rings. The smallest absolute Gasteiger partial charge is 0.327 e. The lowest BCUT2D eigenvalue weighted by Gasteiger charge is -2.22. The zero-order valence-electron chi connectivity index (χ0n) is 22.5. The third kappa shape index (κ3) is 22.4. The molecule has 0 aromatic heterocycles. The Morgan fingerprint density at radius 3 is 1.85 bits per heavy atom. The van der Waals surface area contributed by atoms with Gasteiger partial charge in [0.25, 0.3) is 0 Å². The monoisotopic (exact) mass is 465 g/mol. The lowest BCUT2D eigenvalue weighted by Crippen LogP contribution is -2.32. The van der Waals surface area contributed by atoms with E-state index < -0.39 is 5.97 Å². The molecule has 33 heavy (non-hydrogen) atoms. The average molecular weight is 466 g/mol. The first kappa shape index (κ1) is 31.8. The van der Waals surface area contributed by atoms with Gasteiger partial charge in [-0.15, -0.1) is 0 Å². The molecule has 0 radical (unpaired) electrons. The highest BCUT2D eigenvalue weighted by Gasteiger charge is 2.15. The third-order valence-electron chi connectivity index (χ3n) is 6.38. The molecule has 0 spiro atoms. The Hall–Kier alpha value is -1.16. The second-order valence-electron chi connectivity index (χ2n) is 9.79. The normalized spacial score (nSPS) is 12.5. The van der Waals surface area contributed by atoms with Crippen LogP contribution in [-0.2, 0) is 14.3 Å². The van der Waals surface area contributed by atoms with Crippen LogP contribution in [0.25, 0.3) is 0 Å². The molecule has 1 atom stereocenters. The molecule has 0 rings (SSSR count). The number of allylic oxidation sites excluding steroid dienone is 2. The lowest BCUT2D eigenvalue weighted by molar-refractivity contribution is -0.160. The summed E-state index contributed by atoms with van der Waals surface area (Å²) >= 11 is 0. The van der Waals surface area contributed by atoms with Crippen LogP contribution < -0.4 is 0 Å². The maximum absolute atomic E-state index is 12.0. The SMILES string of the molecule is CCCCCCCCC=CCCCCCCCC(=O)OC(=O)CN(C)CC(CC)CCCC. The van der Waals surface area contributed by atoms with Gasteiger partial charge < -0.3 is 4.74 Å². The van der Waals surface area contributed by atoms with E-state index >= 15 is 0 Å². The fraction of sp³-hybridized carbons (Fsp3) is 0.862. The Morgan fingerprint density at radius 2 is 1.27 bits per heavy atom. The van der Waals surface area contributed by atoms with Crippen molar-refractivity contribution in [2.24, 2.45) is 5.92 Å². The van der Waals surface area contributed by atoms with Crippen molar-refractivity contribution in [2.45, 2.75) is 136 Å². The number of likely N-dealkylation sites (N-methyl/N-ethyl adjacent to an activating group) is 1. The number of unbranched alkanes of at least 4 members (excludes halogenated alkanes) is 12. The van der Waals surface area contributed by atoms with Crippen molar-refractivity contribution in [1.82, 2.24) is 4.90 Å². The van der Waals surface area contributed by atoms with Crippen LogP contribution in [0.15, 0.2) is 12.2 Å². The largest absolute Gasteiger partial charge is 0.392 e. The topological polar surface area (TPSA) is 46.6 Å². The quantitative estimate of drug-likeness (QED) is 0.0659. The van der Waals surface area contributed by atoms with Gasteiger partial charge in [-0.1, -0.05) is 104 Å². The summed E-state index contributed by atoms with van der Waals surface area (Å²) in [5.41, 5.74) is 0. The first-order valence-corrected chi connectivity index (χ1v) is 14.1. The van der Waals surface area contributed by atoms with E-state index in [4.69, 9.17) is 4.74 Å². The van der Waals surface area contributed by atoms with Gasteiger partial charge in [-0.05, 0) is 51.5 Å². The summed E-state index contributed by atoms with van der Waals surface area (Å²) in [5.74, 6) is -0.182. The first-order valence-electron chi connectivity index (χ1n) is 14.1. The minimum atomic E-state index is -0.416. The number of rotatable bonds is 23. The predicted molar refractivity (Wildman–Crippen MR) is 141 cm³/mol. The zero-order valence-corrected chi connectivity index (χ0v) is 22.5. The molecule has 0 amide bonds. The molecule has 0 saturated heterocycles. The van der Waals surface area contributed by atoms with Crippen molar-refractivity contribution < 1.29 is 14.3 Å². The zero-order chi connectivity index (χ0) is 24.6. The van der Waals surface area contributed by atoms with Crippen molar-refractivity contribution in [3.05, 3.63) is 12.2 Å². The Balaban J connectivity index is 3.60. The first-order chi connectivity index (χ1) is 16.0. The Morgan fingerprint density at radius 1 is 0.727 bits per heavy atom. The summed E-state index contributed by atoms with van der Waals surface area (Å²) in [5, 5.41) is 0. The van der Waals surface area contributed by atoms with Crippen molar-refractivity contribution in [3.8, 4) is 0 Å². The highest BCUT2D eigenvalue weighted by atomic mass is 16.6. The molecule has 0 N–H and O–H groups in total. The van der Waals surface area contributed by atoms with E-state index in [-0.39, 0.29) is 12.5 Å². The Labute approximate surface area is 205 Å². The number of hydrogen-bond acceptors (Lipinski definition) is 4. The predicted octanol–water partition coefficient (Wildman–Crippen LogP) is 8.24. The summed E-state index contributed by atoms with van der Waals surface area (Å²) in [7, 11) is 1.93. The van der Waals surface area contributed by atoms with Crippen molar-refractivity contribution in [3.63, 3.8) is 0 Å². The van der Waals surface area contributed by atoms with Crippen molar-refractivity contribution >= 4 is 11.9 Å². The third-order valence-corrected chi connectivity index (χ3v) is 6.38. The minimum absolute atomic E-state index is 0.195. The number of esters is 2. The lowest BCUT2D eigenvalue weighted by atomic mass is 9.99. The maximum atomic E-state index is 12.0. The van der Waals surface area contributed by atoms with Crippen molar-refractivity contribution in [2.75, 3.05) is 20.1 Å². The minimum Gasteiger partial charge on any atom is -0.392 e. The molecule has 0 aromatic rings. The van der Waals surface area contributed by atoms with Crippen LogP contribution in [0, 0.1) is 5.92 Å². The Bertz CT molecular complexity index is 489. The summed E-state index contributed by atoms with van der Waals surface area (Å²) in [6.45, 7) is 7.74. The number of ether oxygens (including phenoxy) is 1. The standard InChI is InChI=1S/C29H55NO3/c1-5-8-10-11-12-13-14-15-16-17-18-19-20-21-22-24-28(31)33-29(32)26-30(4)25-27(7-3)23-9-6-2/h15-16,27H,5-14,17-26H2,1-4H3. The van der Waals surface area contributed by atoms with Crippen molar-refractivity contribution in [1.29, 1.82) is 0 Å². The Kier molecular flexibility index (Phi) is 23.1. The van der Waals surface area contributed by atoms with Crippen LogP contribution in [0.1, 0.15) is 136 Å². The van der Waals surface area contributed by atoms with Gasteiger partial charge in [0, 0.05) is 13.0 Å². The van der Waals surface area contributed by atoms with Gasteiger partial charge in [-0.2, -0.15) is 0 Å². The molecule has 0 aliphatic carbocycles. The number of nitrogens with zero attached hydrogens (tertiary/aromatic N) is 1. The second kappa shape index (κ2) is 24.0. The number of hydrogen-bond donors (Lipinski definition) is 0. The molecule has 0 aromatic carbocycles. The molecule has 0 saturated carbocycles. The van der Waals surface area contributed by atoms with Gasteiger partial charge in [0.1, 0.15) is 0 Å². The molecule has 0 bridgehead atoms. The second-order valence-corrected chi connectivity index (χ2v) is 9.79. The van der Waals surface area contributed by atoms with Crippen LogP contribution in [0.5, 0.6) is 0 Å². The summed E-state index contributed by atoms with van der Waals surface area (Å²) < 4.78 is 5.01. The highest BCUT2D eigenvalue weighted by molar-refractivity contribution is 5.86. The number of carbonyl (C=O) groups excluding carboxylic acids is 2. The van der Waals surface area contributed by atoms with E-state index in [9.17, 15) is 9.59 Å². The van der Waals surface area contributed by atoms with Gasteiger partial charge >= 0.3 is 11.9 Å². The average Bonchev–Trinajstić information content (AvgIpc) is 2.78.